The lowest BCUT2D eigenvalue weighted by molar-refractivity contribution is 0.852. The van der Waals surface area contributed by atoms with Gasteiger partial charge in [-0.3, -0.25) is 0 Å². The quantitative estimate of drug-likeness (QED) is 0.735. The fraction of sp³-hybridized carbons (Fsp3) is 0. The van der Waals surface area contributed by atoms with Crippen LogP contribution in [0.5, 0.6) is 0 Å². The van der Waals surface area contributed by atoms with Crippen molar-refractivity contribution in [2.24, 2.45) is 0 Å². The van der Waals surface area contributed by atoms with Gasteiger partial charge < -0.3 is 5.73 Å². The summed E-state index contributed by atoms with van der Waals surface area (Å²) in [6.07, 6.45) is 3.02. The monoisotopic (exact) mass is 290 g/mol. The molecule has 0 aliphatic carbocycles. The number of nitrogens with two attached hydrogens (primary N) is 1. The summed E-state index contributed by atoms with van der Waals surface area (Å²) in [6, 6.07) is 5.73. The van der Waals surface area contributed by atoms with Crippen molar-refractivity contribution in [2.75, 3.05) is 5.73 Å². The second kappa shape index (κ2) is 3.77. The lowest BCUT2D eigenvalue weighted by Gasteiger charge is -2.06. The maximum atomic E-state index is 5.70. The van der Waals surface area contributed by atoms with Crippen molar-refractivity contribution in [2.45, 2.75) is 0 Å². The summed E-state index contributed by atoms with van der Waals surface area (Å²) in [5, 5.41) is 4.91. The van der Waals surface area contributed by atoms with Gasteiger partial charge in [0.15, 0.2) is 5.82 Å². The Morgan fingerprint density at radius 2 is 2.12 bits per heavy atom. The Kier molecular flexibility index (Phi) is 2.25. The Hall–Kier alpha value is -2.02. The zero-order valence-electron chi connectivity index (χ0n) is 8.58. The molecule has 0 aliphatic heterocycles. The molecule has 2 aromatic heterocycles. The molecular formula is C10H7BrN6. The van der Waals surface area contributed by atoms with E-state index in [0.717, 1.165) is 15.4 Å². The molecule has 0 fully saturated rings. The number of hydrogen-bond acceptors (Lipinski definition) is 5. The van der Waals surface area contributed by atoms with Crippen molar-refractivity contribution >= 4 is 32.8 Å². The van der Waals surface area contributed by atoms with Gasteiger partial charge in [0.2, 0.25) is 5.95 Å². The van der Waals surface area contributed by atoms with E-state index in [1.165, 1.54) is 6.33 Å². The molecule has 0 amide bonds. The predicted molar refractivity (Wildman–Crippen MR) is 66.6 cm³/mol. The molecule has 0 spiro atoms. The number of rotatable bonds is 1. The van der Waals surface area contributed by atoms with Crippen LogP contribution in [0.1, 0.15) is 0 Å². The van der Waals surface area contributed by atoms with Gasteiger partial charge in [-0.1, -0.05) is 6.07 Å². The van der Waals surface area contributed by atoms with Crippen LogP contribution in [0.25, 0.3) is 16.7 Å². The smallest absolute Gasteiger partial charge is 0.222 e. The number of benzene rings is 1. The van der Waals surface area contributed by atoms with E-state index in [-0.39, 0.29) is 5.95 Å². The van der Waals surface area contributed by atoms with E-state index in [9.17, 15) is 0 Å². The fourth-order valence-electron chi connectivity index (χ4n) is 1.61. The Labute approximate surface area is 105 Å². The van der Waals surface area contributed by atoms with Crippen LogP contribution < -0.4 is 5.73 Å². The van der Waals surface area contributed by atoms with E-state index in [1.807, 2.05) is 18.2 Å². The maximum absolute atomic E-state index is 5.70. The molecule has 3 rings (SSSR count). The van der Waals surface area contributed by atoms with Crippen LogP contribution in [0.2, 0.25) is 0 Å². The van der Waals surface area contributed by atoms with Gasteiger partial charge in [0.1, 0.15) is 12.7 Å². The van der Waals surface area contributed by atoms with Crippen molar-refractivity contribution < 1.29 is 0 Å². The van der Waals surface area contributed by atoms with Crippen molar-refractivity contribution in [1.82, 2.24) is 24.7 Å². The number of nitrogen functional groups attached to an aromatic ring is 1. The third kappa shape index (κ3) is 1.64. The average Bonchev–Trinajstić information content (AvgIpc) is 2.83. The highest BCUT2D eigenvalue weighted by Crippen LogP contribution is 2.25. The third-order valence-electron chi connectivity index (χ3n) is 2.31. The highest BCUT2D eigenvalue weighted by molar-refractivity contribution is 9.10. The van der Waals surface area contributed by atoms with E-state index in [0.29, 0.717) is 5.82 Å². The summed E-state index contributed by atoms with van der Waals surface area (Å²) in [4.78, 5) is 12.3. The van der Waals surface area contributed by atoms with Crippen molar-refractivity contribution in [1.29, 1.82) is 0 Å². The molecular weight excluding hydrogens is 284 g/mol. The molecule has 84 valence electrons. The average molecular weight is 291 g/mol. The Morgan fingerprint density at radius 1 is 1.24 bits per heavy atom. The number of nitrogens with zero attached hydrogens (tertiary/aromatic N) is 5. The molecule has 0 saturated carbocycles. The lowest BCUT2D eigenvalue weighted by atomic mass is 10.2. The van der Waals surface area contributed by atoms with E-state index in [4.69, 9.17) is 5.73 Å². The highest BCUT2D eigenvalue weighted by Gasteiger charge is 2.10. The molecule has 2 heterocycles. The van der Waals surface area contributed by atoms with Gasteiger partial charge in [-0.15, -0.1) is 0 Å². The van der Waals surface area contributed by atoms with Gasteiger partial charge in [-0.05, 0) is 28.1 Å². The van der Waals surface area contributed by atoms with Crippen LogP contribution in [0, 0.1) is 0 Å². The van der Waals surface area contributed by atoms with E-state index in [2.05, 4.69) is 36.0 Å². The number of fused-ring (bicyclic) bond motifs is 1. The van der Waals surface area contributed by atoms with Crippen LogP contribution in [-0.4, -0.2) is 24.7 Å². The van der Waals surface area contributed by atoms with Crippen LogP contribution in [-0.2, 0) is 0 Å². The largest absolute Gasteiger partial charge is 0.368 e. The first-order chi connectivity index (χ1) is 8.25. The standard InChI is InChI=1S/C10H7BrN6/c11-7-3-1-2-6-8(7)15-10(12)16-9(6)17-5-13-4-14-17/h1-5H,(H2,12,15,16). The molecule has 1 aromatic carbocycles. The molecule has 0 radical (unpaired) electrons. The molecule has 6 nitrogen and oxygen atoms in total. The molecule has 17 heavy (non-hydrogen) atoms. The molecule has 7 heteroatoms. The summed E-state index contributed by atoms with van der Waals surface area (Å²) in [6.45, 7) is 0. The molecule has 0 unspecified atom stereocenters. The summed E-state index contributed by atoms with van der Waals surface area (Å²) < 4.78 is 2.43. The zero-order valence-corrected chi connectivity index (χ0v) is 10.2. The summed E-state index contributed by atoms with van der Waals surface area (Å²) in [5.74, 6) is 0.821. The molecule has 0 bridgehead atoms. The van der Waals surface area contributed by atoms with Gasteiger partial charge >= 0.3 is 0 Å². The van der Waals surface area contributed by atoms with Crippen LogP contribution in [0.3, 0.4) is 0 Å². The Balaban J connectivity index is 2.42. The van der Waals surface area contributed by atoms with Crippen LogP contribution >= 0.6 is 15.9 Å². The molecule has 2 N–H and O–H groups in total. The number of anilines is 1. The first-order valence-electron chi connectivity index (χ1n) is 4.82. The third-order valence-corrected chi connectivity index (χ3v) is 2.95. The highest BCUT2D eigenvalue weighted by atomic mass is 79.9. The molecule has 3 aromatic rings. The van der Waals surface area contributed by atoms with Gasteiger partial charge in [0.05, 0.1) is 5.52 Å². The minimum Gasteiger partial charge on any atom is -0.368 e. The van der Waals surface area contributed by atoms with Gasteiger partial charge in [0.25, 0.3) is 0 Å². The fourth-order valence-corrected chi connectivity index (χ4v) is 2.06. The Bertz CT molecular complexity index is 679. The number of halogens is 1. The number of aromatic nitrogens is 5. The van der Waals surface area contributed by atoms with Gasteiger partial charge in [-0.2, -0.15) is 10.1 Å². The van der Waals surface area contributed by atoms with Crippen molar-refractivity contribution in [3.8, 4) is 5.82 Å². The van der Waals surface area contributed by atoms with Crippen molar-refractivity contribution in [3.05, 3.63) is 35.3 Å². The summed E-state index contributed by atoms with van der Waals surface area (Å²) in [5.41, 5.74) is 6.45. The van der Waals surface area contributed by atoms with Gasteiger partial charge in [-0.25, -0.2) is 14.6 Å². The van der Waals surface area contributed by atoms with E-state index < -0.39 is 0 Å². The van der Waals surface area contributed by atoms with Crippen LogP contribution in [0.4, 0.5) is 5.95 Å². The summed E-state index contributed by atoms with van der Waals surface area (Å²) >= 11 is 3.44. The SMILES string of the molecule is Nc1nc(-n2cncn2)c2cccc(Br)c2n1. The van der Waals surface area contributed by atoms with Crippen LogP contribution in [0.15, 0.2) is 35.3 Å². The minimum atomic E-state index is 0.204. The number of para-hydroxylation sites is 1. The summed E-state index contributed by atoms with van der Waals surface area (Å²) in [7, 11) is 0. The molecule has 0 saturated heterocycles. The molecule has 0 atom stereocenters. The second-order valence-corrected chi connectivity index (χ2v) is 4.24. The Morgan fingerprint density at radius 3 is 2.88 bits per heavy atom. The predicted octanol–water partition coefficient (Wildman–Crippen LogP) is 1.56. The second-order valence-electron chi connectivity index (χ2n) is 3.38. The van der Waals surface area contributed by atoms with Crippen molar-refractivity contribution in [3.63, 3.8) is 0 Å². The minimum absolute atomic E-state index is 0.204. The maximum Gasteiger partial charge on any atom is 0.222 e. The first-order valence-corrected chi connectivity index (χ1v) is 5.62. The molecule has 0 aliphatic rings. The first kappa shape index (κ1) is 10.2. The normalized spacial score (nSPS) is 10.9. The van der Waals surface area contributed by atoms with Gasteiger partial charge in [0, 0.05) is 9.86 Å². The van der Waals surface area contributed by atoms with E-state index >= 15 is 0 Å². The lowest BCUT2D eigenvalue weighted by Crippen LogP contribution is -2.04. The topological polar surface area (TPSA) is 82.5 Å². The zero-order chi connectivity index (χ0) is 11.8. The number of hydrogen-bond donors (Lipinski definition) is 1. The van der Waals surface area contributed by atoms with E-state index in [1.54, 1.807) is 11.0 Å².